The summed E-state index contributed by atoms with van der Waals surface area (Å²) in [6, 6.07) is 23.3. The fourth-order valence-corrected chi connectivity index (χ4v) is 10.1. The highest BCUT2D eigenvalue weighted by atomic mass is 35.5. The van der Waals surface area contributed by atoms with Gasteiger partial charge in [-0.15, -0.1) is 0 Å². The number of imide groups is 1. The summed E-state index contributed by atoms with van der Waals surface area (Å²) in [5.74, 6) is -0.903. The van der Waals surface area contributed by atoms with Crippen LogP contribution in [0, 0.1) is 11.7 Å². The van der Waals surface area contributed by atoms with Crippen LogP contribution >= 0.6 is 11.6 Å². The Balaban J connectivity index is 0.900. The lowest BCUT2D eigenvalue weighted by Crippen LogP contribution is -2.53. The van der Waals surface area contributed by atoms with Crippen LogP contribution in [0.15, 0.2) is 91.4 Å². The van der Waals surface area contributed by atoms with Gasteiger partial charge in [0, 0.05) is 103 Å². The average molecular weight is 853 g/mol. The first-order chi connectivity index (χ1) is 28.9. The van der Waals surface area contributed by atoms with Gasteiger partial charge in [-0.25, -0.2) is 17.5 Å². The Kier molecular flexibility index (Phi) is 12.2. The molecule has 2 amide bonds. The summed E-state index contributed by atoms with van der Waals surface area (Å²) >= 11 is 6.45. The van der Waals surface area contributed by atoms with Crippen molar-refractivity contribution in [3.63, 3.8) is 0 Å². The maximum Gasteiger partial charge on any atom is 0.234 e. The molecule has 0 radical (unpaired) electrons. The van der Waals surface area contributed by atoms with Crippen molar-refractivity contribution in [3.8, 4) is 28.1 Å². The number of amides is 2. The zero-order valence-electron chi connectivity index (χ0n) is 33.9. The number of anilines is 3. The highest BCUT2D eigenvalue weighted by Crippen LogP contribution is 2.38. The topological polar surface area (TPSA) is 133 Å². The summed E-state index contributed by atoms with van der Waals surface area (Å²) in [7, 11) is -3.77. The highest BCUT2D eigenvalue weighted by molar-refractivity contribution is 7.92. The number of carbonyl (C=O) groups is 2. The quantitative estimate of drug-likeness (QED) is 0.123. The summed E-state index contributed by atoms with van der Waals surface area (Å²) in [5, 5.41) is 7.54. The number of sulfonamides is 1. The summed E-state index contributed by atoms with van der Waals surface area (Å²) < 4.78 is 45.4. The van der Waals surface area contributed by atoms with Crippen molar-refractivity contribution >= 4 is 50.5 Å². The monoisotopic (exact) mass is 852 g/mol. The van der Waals surface area contributed by atoms with E-state index in [1.54, 1.807) is 42.3 Å². The summed E-state index contributed by atoms with van der Waals surface area (Å²) in [6.45, 7) is 9.93. The van der Waals surface area contributed by atoms with E-state index in [9.17, 15) is 18.0 Å². The first-order valence-corrected chi connectivity index (χ1v) is 22.8. The number of nitrogens with one attached hydrogen (secondary N) is 2. The van der Waals surface area contributed by atoms with E-state index in [0.717, 1.165) is 74.6 Å². The van der Waals surface area contributed by atoms with Crippen molar-refractivity contribution < 1.29 is 22.4 Å². The molecule has 5 heterocycles. The fraction of sp³-hybridized carbons (Fsp3) is 0.378. The molecule has 0 saturated carbocycles. The molecule has 3 aromatic carbocycles. The summed E-state index contributed by atoms with van der Waals surface area (Å²) in [6.07, 6.45) is 8.62. The molecule has 60 heavy (non-hydrogen) atoms. The molecule has 2 atom stereocenters. The van der Waals surface area contributed by atoms with Gasteiger partial charge in [0.2, 0.25) is 21.8 Å². The van der Waals surface area contributed by atoms with Crippen LogP contribution in [-0.4, -0.2) is 91.0 Å². The van der Waals surface area contributed by atoms with Crippen molar-refractivity contribution in [2.45, 2.75) is 57.9 Å². The maximum atomic E-state index is 16.2. The van der Waals surface area contributed by atoms with Gasteiger partial charge in [0.05, 0.1) is 23.0 Å². The lowest BCUT2D eigenvalue weighted by Gasteiger charge is -2.43. The van der Waals surface area contributed by atoms with E-state index in [2.05, 4.69) is 60.9 Å². The number of rotatable bonds is 12. The van der Waals surface area contributed by atoms with Crippen molar-refractivity contribution in [3.05, 3.63) is 108 Å². The molecule has 0 bridgehead atoms. The average Bonchev–Trinajstić information content (AvgIpc) is 3.69. The van der Waals surface area contributed by atoms with Gasteiger partial charge < -0.3 is 9.80 Å². The minimum atomic E-state index is -3.77. The largest absolute Gasteiger partial charge is 0.372 e. The molecule has 5 aromatic rings. The number of piperazine rings is 1. The third-order valence-electron chi connectivity index (χ3n) is 12.0. The molecule has 0 aliphatic carbocycles. The minimum Gasteiger partial charge on any atom is -0.372 e. The highest BCUT2D eigenvalue weighted by Gasteiger charge is 2.30. The number of carbonyl (C=O) groups excluding carboxylic acids is 2. The van der Waals surface area contributed by atoms with E-state index in [-0.39, 0.29) is 39.8 Å². The normalized spacial score (nSPS) is 19.4. The number of hydrogen-bond donors (Lipinski definition) is 2. The van der Waals surface area contributed by atoms with Crippen LogP contribution < -0.4 is 19.8 Å². The molecule has 3 fully saturated rings. The van der Waals surface area contributed by atoms with E-state index < -0.39 is 15.8 Å². The molecule has 3 aliphatic heterocycles. The van der Waals surface area contributed by atoms with Crippen LogP contribution in [0.4, 0.5) is 21.5 Å². The smallest absolute Gasteiger partial charge is 0.234 e. The van der Waals surface area contributed by atoms with Gasteiger partial charge in [0.15, 0.2) is 5.82 Å². The number of piperidine rings is 2. The Hall–Kier alpha value is -5.31. The van der Waals surface area contributed by atoms with Crippen molar-refractivity contribution in [1.82, 2.24) is 25.0 Å². The number of pyridine rings is 1. The second kappa shape index (κ2) is 17.7. The molecule has 8 rings (SSSR count). The van der Waals surface area contributed by atoms with E-state index in [1.807, 2.05) is 24.3 Å². The van der Waals surface area contributed by atoms with Gasteiger partial charge in [-0.05, 0) is 105 Å². The van der Waals surface area contributed by atoms with Crippen molar-refractivity contribution in [1.29, 1.82) is 0 Å². The Morgan fingerprint density at radius 2 is 1.55 bits per heavy atom. The molecule has 2 aromatic heterocycles. The SMILES string of the molecule is CCCS(=O)(=O)Nc1cc(Cl)cc(-c2cn(-c3ccc(N4CCN(CC5CCN(c6ccc([C@H]7CCC(=O)NC7=O)cc6)CC5)[C@@H](C)C4)cc3)nc2-c2ccncc2)c1F. The van der Waals surface area contributed by atoms with E-state index in [4.69, 9.17) is 16.7 Å². The Morgan fingerprint density at radius 3 is 2.23 bits per heavy atom. The van der Waals surface area contributed by atoms with E-state index in [0.29, 0.717) is 42.5 Å². The number of nitrogens with zero attached hydrogens (tertiary/aromatic N) is 6. The molecule has 12 nitrogen and oxygen atoms in total. The van der Waals surface area contributed by atoms with Crippen LogP contribution in [0.2, 0.25) is 5.02 Å². The molecule has 0 spiro atoms. The van der Waals surface area contributed by atoms with Gasteiger partial charge in [0.1, 0.15) is 5.69 Å². The van der Waals surface area contributed by atoms with Gasteiger partial charge in [0.25, 0.3) is 0 Å². The Morgan fingerprint density at radius 1 is 0.867 bits per heavy atom. The van der Waals surface area contributed by atoms with Crippen LogP contribution in [-0.2, 0) is 19.6 Å². The van der Waals surface area contributed by atoms with Gasteiger partial charge in [-0.2, -0.15) is 5.10 Å². The number of aromatic nitrogens is 3. The zero-order chi connectivity index (χ0) is 42.0. The van der Waals surface area contributed by atoms with Gasteiger partial charge in [-0.1, -0.05) is 30.7 Å². The van der Waals surface area contributed by atoms with Gasteiger partial charge >= 0.3 is 0 Å². The van der Waals surface area contributed by atoms with E-state index in [1.165, 1.54) is 17.8 Å². The Bertz CT molecular complexity index is 2440. The number of hydrogen-bond acceptors (Lipinski definition) is 9. The van der Waals surface area contributed by atoms with Crippen LogP contribution in [0.25, 0.3) is 28.1 Å². The third-order valence-corrected chi connectivity index (χ3v) is 13.7. The first kappa shape index (κ1) is 41.4. The molecule has 3 aliphatic rings. The maximum absolute atomic E-state index is 16.2. The lowest BCUT2D eigenvalue weighted by atomic mass is 9.90. The Labute approximate surface area is 355 Å². The predicted molar refractivity (Wildman–Crippen MR) is 235 cm³/mol. The summed E-state index contributed by atoms with van der Waals surface area (Å²) in [5.41, 5.74) is 5.64. The third kappa shape index (κ3) is 9.20. The van der Waals surface area contributed by atoms with Crippen molar-refractivity contribution in [2.75, 3.05) is 59.5 Å². The summed E-state index contributed by atoms with van der Waals surface area (Å²) in [4.78, 5) is 35.5. The minimum absolute atomic E-state index is 0.127. The van der Waals surface area contributed by atoms with Crippen LogP contribution in [0.3, 0.4) is 0 Å². The zero-order valence-corrected chi connectivity index (χ0v) is 35.4. The van der Waals surface area contributed by atoms with Gasteiger partial charge in [-0.3, -0.25) is 29.5 Å². The molecule has 0 unspecified atom stereocenters. The van der Waals surface area contributed by atoms with Crippen LogP contribution in [0.5, 0.6) is 0 Å². The molecule has 3 saturated heterocycles. The number of benzene rings is 3. The molecular formula is C45H50ClFN8O4S. The first-order valence-electron chi connectivity index (χ1n) is 20.7. The lowest BCUT2D eigenvalue weighted by molar-refractivity contribution is -0.134. The molecule has 2 N–H and O–H groups in total. The number of halogens is 2. The van der Waals surface area contributed by atoms with Crippen LogP contribution in [0.1, 0.15) is 57.4 Å². The molecular weight excluding hydrogens is 803 g/mol. The molecule has 314 valence electrons. The van der Waals surface area contributed by atoms with E-state index >= 15 is 4.39 Å². The van der Waals surface area contributed by atoms with Crippen molar-refractivity contribution in [2.24, 2.45) is 5.92 Å². The predicted octanol–water partition coefficient (Wildman–Crippen LogP) is 7.49. The second-order valence-electron chi connectivity index (χ2n) is 16.1. The second-order valence-corrected chi connectivity index (χ2v) is 18.4. The molecule has 15 heteroatoms. The fourth-order valence-electron chi connectivity index (χ4n) is 8.72. The standard InChI is InChI=1S/C45H50ClFN8O4S/c1-3-24-60(58,59)51-41-26-34(46)25-39(43(41)47)40-29-55(50-44(40)33-14-18-48-19-15-33)37-10-8-36(9-11-37)54-23-22-53(30(2)27-54)28-31-16-20-52(21-17-31)35-6-4-32(5-7-35)38-12-13-42(56)49-45(38)57/h4-11,14-15,18-19,25-26,29-31,38,51H,3,12-13,16-17,20-24,27-28H2,1-2H3,(H,49,56,57)/t30-,38+/m0/s1.